The number of cyclic esters (lactones) is 1. The lowest BCUT2D eigenvalue weighted by Gasteiger charge is -1.79. The predicted octanol–water partition coefficient (Wildman–Crippen LogP) is 0.209. The van der Waals surface area contributed by atoms with Crippen molar-refractivity contribution in [1.29, 1.82) is 0 Å². The van der Waals surface area contributed by atoms with Crippen molar-refractivity contribution in [3.05, 3.63) is 5.70 Å². The van der Waals surface area contributed by atoms with Crippen LogP contribution in [0.5, 0.6) is 0 Å². The van der Waals surface area contributed by atoms with Crippen molar-refractivity contribution < 1.29 is 9.53 Å². The van der Waals surface area contributed by atoms with Crippen molar-refractivity contribution in [1.82, 2.24) is 5.32 Å². The van der Waals surface area contributed by atoms with Crippen LogP contribution in [0.15, 0.2) is 5.70 Å². The molecule has 0 aliphatic carbocycles. The maximum absolute atomic E-state index is 10.2. The van der Waals surface area contributed by atoms with E-state index in [0.717, 1.165) is 0 Å². The van der Waals surface area contributed by atoms with Gasteiger partial charge in [0.15, 0.2) is 0 Å². The molecule has 1 heterocycles. The van der Waals surface area contributed by atoms with Gasteiger partial charge in [-0.25, -0.2) is 4.79 Å². The first-order valence-electron chi connectivity index (χ1n) is 2.00. The Kier molecular flexibility index (Phi) is 1.28. The Balaban J connectivity index is 2.70. The van der Waals surface area contributed by atoms with Crippen LogP contribution in [0.25, 0.3) is 0 Å². The number of hydrogen-bond acceptors (Lipinski definition) is 3. The van der Waals surface area contributed by atoms with E-state index in [1.165, 1.54) is 0 Å². The van der Waals surface area contributed by atoms with Crippen molar-refractivity contribution in [2.45, 2.75) is 0 Å². The molecule has 42 valence electrons. The lowest BCUT2D eigenvalue weighted by atomic mass is 10.6. The van der Waals surface area contributed by atoms with Crippen molar-refractivity contribution in [2.24, 2.45) is 0 Å². The third-order valence-electron chi connectivity index (χ3n) is 0.724. The first-order valence-corrected chi connectivity index (χ1v) is 2.41. The lowest BCUT2D eigenvalue weighted by Crippen LogP contribution is -2.10. The predicted molar refractivity (Wildman–Crippen MR) is 30.6 cm³/mol. The Hall–Kier alpha value is -0.860. The number of carbonyl (C=O) groups excluding carboxylic acids is 1. The van der Waals surface area contributed by atoms with Gasteiger partial charge in [0.25, 0.3) is 0 Å². The minimum absolute atomic E-state index is 0.238. The Labute approximate surface area is 51.3 Å². The van der Waals surface area contributed by atoms with Gasteiger partial charge in [-0.1, -0.05) is 0 Å². The van der Waals surface area contributed by atoms with E-state index in [-0.39, 0.29) is 6.61 Å². The molecule has 0 aromatic carbocycles. The second kappa shape index (κ2) is 1.94. The molecule has 0 aromatic heterocycles. The van der Waals surface area contributed by atoms with Crippen LogP contribution in [0.1, 0.15) is 0 Å². The maximum atomic E-state index is 10.2. The molecule has 1 fully saturated rings. The SMILES string of the molecule is O=C1NC(=C=S)CO1. The molecule has 0 saturated carbocycles. The van der Waals surface area contributed by atoms with Gasteiger partial charge in [0.2, 0.25) is 0 Å². The first-order chi connectivity index (χ1) is 3.83. The Morgan fingerprint density at radius 2 is 2.62 bits per heavy atom. The Bertz CT molecular complexity index is 171. The molecular formula is C4H3NO2S. The summed E-state index contributed by atoms with van der Waals surface area (Å²) in [5.74, 6) is 0. The molecular weight excluding hydrogens is 126 g/mol. The summed E-state index contributed by atoms with van der Waals surface area (Å²) >= 11 is 4.38. The molecule has 1 N–H and O–H groups in total. The van der Waals surface area contributed by atoms with Gasteiger partial charge in [-0.2, -0.15) is 0 Å². The third kappa shape index (κ3) is 0.857. The topological polar surface area (TPSA) is 38.3 Å². The number of rotatable bonds is 0. The average molecular weight is 129 g/mol. The number of amides is 1. The highest BCUT2D eigenvalue weighted by Gasteiger charge is 2.13. The van der Waals surface area contributed by atoms with E-state index >= 15 is 0 Å². The van der Waals surface area contributed by atoms with Crippen molar-refractivity contribution in [2.75, 3.05) is 6.61 Å². The van der Waals surface area contributed by atoms with Gasteiger partial charge in [0.1, 0.15) is 12.3 Å². The van der Waals surface area contributed by atoms with Crippen LogP contribution in [-0.4, -0.2) is 17.7 Å². The number of alkyl carbamates (subject to hydrolysis) is 1. The van der Waals surface area contributed by atoms with E-state index in [4.69, 9.17) is 0 Å². The molecule has 8 heavy (non-hydrogen) atoms. The lowest BCUT2D eigenvalue weighted by molar-refractivity contribution is 0.179. The zero-order valence-electron chi connectivity index (χ0n) is 3.93. The second-order valence-corrected chi connectivity index (χ2v) is 1.49. The van der Waals surface area contributed by atoms with E-state index in [0.29, 0.717) is 5.70 Å². The number of ether oxygens (including phenoxy) is 1. The molecule has 1 saturated heterocycles. The average Bonchev–Trinajstić information content (AvgIpc) is 2.14. The van der Waals surface area contributed by atoms with Gasteiger partial charge in [-0.15, -0.1) is 0 Å². The molecule has 1 aliphatic heterocycles. The minimum Gasteiger partial charge on any atom is -0.442 e. The van der Waals surface area contributed by atoms with Gasteiger partial charge >= 0.3 is 6.09 Å². The van der Waals surface area contributed by atoms with Crippen LogP contribution in [-0.2, 0) is 4.74 Å². The summed E-state index contributed by atoms with van der Waals surface area (Å²) in [6.45, 7) is 0.238. The highest BCUT2D eigenvalue weighted by Crippen LogP contribution is 1.95. The largest absolute Gasteiger partial charge is 0.442 e. The normalized spacial score (nSPS) is 17.0. The van der Waals surface area contributed by atoms with Gasteiger partial charge in [-0.05, 0) is 17.2 Å². The maximum Gasteiger partial charge on any atom is 0.412 e. The van der Waals surface area contributed by atoms with Gasteiger partial charge in [-0.3, -0.25) is 5.32 Å². The summed E-state index contributed by atoms with van der Waals surface area (Å²) < 4.78 is 4.44. The summed E-state index contributed by atoms with van der Waals surface area (Å²) in [5, 5.41) is 4.68. The van der Waals surface area contributed by atoms with Crippen molar-refractivity contribution in [3.63, 3.8) is 0 Å². The fraction of sp³-hybridized carbons (Fsp3) is 0.250. The Morgan fingerprint density at radius 1 is 1.88 bits per heavy atom. The summed E-state index contributed by atoms with van der Waals surface area (Å²) in [5.41, 5.74) is 0.532. The molecule has 4 heteroatoms. The van der Waals surface area contributed by atoms with E-state index in [9.17, 15) is 4.79 Å². The summed E-state index contributed by atoms with van der Waals surface area (Å²) in [7, 11) is 0. The van der Waals surface area contributed by atoms with Crippen LogP contribution in [0.2, 0.25) is 0 Å². The summed E-state index contributed by atoms with van der Waals surface area (Å²) in [4.78, 5) is 10.2. The summed E-state index contributed by atoms with van der Waals surface area (Å²) in [6.07, 6.45) is -0.447. The molecule has 0 atom stereocenters. The van der Waals surface area contributed by atoms with Crippen LogP contribution < -0.4 is 5.32 Å². The molecule has 0 unspecified atom stereocenters. The third-order valence-corrected chi connectivity index (χ3v) is 0.970. The second-order valence-electron chi connectivity index (χ2n) is 1.28. The molecule has 0 spiro atoms. The highest BCUT2D eigenvalue weighted by atomic mass is 32.1. The van der Waals surface area contributed by atoms with Crippen molar-refractivity contribution in [3.8, 4) is 0 Å². The first kappa shape index (κ1) is 5.28. The molecule has 1 amide bonds. The fourth-order valence-electron chi connectivity index (χ4n) is 0.388. The molecule has 0 bridgehead atoms. The molecule has 3 nitrogen and oxygen atoms in total. The number of hydrogen-bond donors (Lipinski definition) is 1. The smallest absolute Gasteiger partial charge is 0.412 e. The van der Waals surface area contributed by atoms with Gasteiger partial charge < -0.3 is 4.74 Å². The molecule has 0 aromatic rings. The van der Waals surface area contributed by atoms with Crippen LogP contribution in [0.3, 0.4) is 0 Å². The number of thiocarbonyl (C=S) groups is 1. The number of nitrogens with one attached hydrogen (secondary N) is 1. The van der Waals surface area contributed by atoms with Crippen LogP contribution in [0.4, 0.5) is 4.79 Å². The molecule has 0 radical (unpaired) electrons. The zero-order valence-corrected chi connectivity index (χ0v) is 4.75. The van der Waals surface area contributed by atoms with E-state index in [1.54, 1.807) is 0 Å². The fourth-order valence-corrected chi connectivity index (χ4v) is 0.498. The quantitative estimate of drug-likeness (QED) is 0.475. The van der Waals surface area contributed by atoms with Crippen LogP contribution >= 0.6 is 12.2 Å². The van der Waals surface area contributed by atoms with E-state index in [1.807, 2.05) is 0 Å². The monoisotopic (exact) mass is 129 g/mol. The van der Waals surface area contributed by atoms with E-state index in [2.05, 4.69) is 27.3 Å². The Morgan fingerprint density at radius 3 is 2.88 bits per heavy atom. The molecule has 1 aliphatic rings. The summed E-state index contributed by atoms with van der Waals surface area (Å²) in [6, 6.07) is 0. The van der Waals surface area contributed by atoms with Gasteiger partial charge in [0.05, 0.1) is 0 Å². The van der Waals surface area contributed by atoms with E-state index < -0.39 is 6.09 Å². The molecule has 1 rings (SSSR count). The van der Waals surface area contributed by atoms with Crippen molar-refractivity contribution >= 4 is 23.3 Å². The highest BCUT2D eigenvalue weighted by molar-refractivity contribution is 7.78. The number of carbonyl (C=O) groups is 1. The van der Waals surface area contributed by atoms with Crippen LogP contribution in [0, 0.1) is 0 Å². The van der Waals surface area contributed by atoms with Gasteiger partial charge in [0, 0.05) is 0 Å². The standard InChI is InChI=1S/C4H3NO2S/c6-4-5-3(2-8)1-7-4/h1H2,(H,5,6). The zero-order chi connectivity index (χ0) is 5.98. The minimum atomic E-state index is -0.447.